The van der Waals surface area contributed by atoms with E-state index in [0.29, 0.717) is 12.0 Å². The summed E-state index contributed by atoms with van der Waals surface area (Å²) in [6.45, 7) is 11.1. The van der Waals surface area contributed by atoms with Gasteiger partial charge in [0.05, 0.1) is 6.54 Å². The third kappa shape index (κ3) is 5.37. The van der Waals surface area contributed by atoms with E-state index in [2.05, 4.69) is 22.0 Å². The van der Waals surface area contributed by atoms with E-state index >= 15 is 0 Å². The first-order chi connectivity index (χ1) is 16.8. The molecule has 9 nitrogen and oxygen atoms in total. The van der Waals surface area contributed by atoms with Gasteiger partial charge in [-0.05, 0) is 43.1 Å². The molecule has 35 heavy (non-hydrogen) atoms. The maximum atomic E-state index is 13.5. The Balaban J connectivity index is 1.42. The van der Waals surface area contributed by atoms with Gasteiger partial charge in [-0.25, -0.2) is 0 Å². The molecular weight excluding hydrogens is 448 g/mol. The van der Waals surface area contributed by atoms with Gasteiger partial charge >= 0.3 is 0 Å². The van der Waals surface area contributed by atoms with Crippen LogP contribution in [0.3, 0.4) is 0 Å². The lowest BCUT2D eigenvalue weighted by molar-refractivity contribution is -0.139. The average Bonchev–Trinajstić information content (AvgIpc) is 3.42. The number of likely N-dealkylation sites (tertiary alicyclic amines) is 1. The van der Waals surface area contributed by atoms with Crippen molar-refractivity contribution in [3.8, 4) is 0 Å². The van der Waals surface area contributed by atoms with Gasteiger partial charge in [-0.1, -0.05) is 27.2 Å². The molecule has 3 heterocycles. The molecule has 9 heteroatoms. The number of amides is 2. The van der Waals surface area contributed by atoms with Crippen LogP contribution in [-0.2, 0) is 14.3 Å². The van der Waals surface area contributed by atoms with Crippen LogP contribution in [0.25, 0.3) is 0 Å². The Labute approximate surface area is 207 Å². The Morgan fingerprint density at radius 2 is 1.83 bits per heavy atom. The molecule has 0 radical (unpaired) electrons. The van der Waals surface area contributed by atoms with Crippen LogP contribution in [0, 0.1) is 5.92 Å². The number of ether oxygens (including phenoxy) is 1. The molecule has 2 N–H and O–H groups in total. The smallest absolute Gasteiger partial charge is 0.251 e. The van der Waals surface area contributed by atoms with E-state index in [4.69, 9.17) is 4.74 Å². The number of ketones is 1. The lowest BCUT2D eigenvalue weighted by atomic mass is 9.96. The monoisotopic (exact) mass is 486 g/mol. The van der Waals surface area contributed by atoms with Crippen molar-refractivity contribution in [3.05, 3.63) is 29.8 Å². The maximum absolute atomic E-state index is 13.5. The first-order valence-corrected chi connectivity index (χ1v) is 12.8. The summed E-state index contributed by atoms with van der Waals surface area (Å²) >= 11 is 0. The molecule has 5 atom stereocenters. The fourth-order valence-electron chi connectivity index (χ4n) is 5.31. The molecule has 192 valence electrons. The van der Waals surface area contributed by atoms with Gasteiger partial charge in [-0.2, -0.15) is 0 Å². The first-order valence-electron chi connectivity index (χ1n) is 12.8. The third-order valence-corrected chi connectivity index (χ3v) is 7.61. The van der Waals surface area contributed by atoms with Gasteiger partial charge < -0.3 is 25.0 Å². The van der Waals surface area contributed by atoms with Gasteiger partial charge in [0.2, 0.25) is 5.91 Å². The second-order valence-corrected chi connectivity index (χ2v) is 9.96. The molecule has 1 aromatic rings. The predicted octanol–water partition coefficient (Wildman–Crippen LogP) is 0.903. The van der Waals surface area contributed by atoms with Gasteiger partial charge in [-0.15, -0.1) is 0 Å². The van der Waals surface area contributed by atoms with Crippen molar-refractivity contribution in [1.82, 2.24) is 15.1 Å². The molecule has 3 saturated heterocycles. The molecule has 1 aromatic carbocycles. The van der Waals surface area contributed by atoms with Crippen LogP contribution in [0.1, 0.15) is 44.0 Å². The van der Waals surface area contributed by atoms with Crippen molar-refractivity contribution in [2.24, 2.45) is 5.92 Å². The molecule has 3 fully saturated rings. The second kappa shape index (κ2) is 11.1. The number of aliphatic hydroxyl groups excluding tert-OH is 1. The van der Waals surface area contributed by atoms with Crippen molar-refractivity contribution in [2.75, 3.05) is 50.8 Å². The largest absolute Gasteiger partial charge is 0.388 e. The standard InChI is InChI=1S/C26H38N4O5/c1-4-10-28-11-13-29(14-12-28)19-8-6-18(7-9-19)25(33)27-22(17(3)5-2)26(34)30-15-20(31)24-23(30)21(32)16-35-24/h6-9,17,20,22-24,31H,4-5,10-16H2,1-3H3,(H,27,33)/t17-,20-,22-,23+,24+/m0/s1. The van der Waals surface area contributed by atoms with Crippen LogP contribution in [0.4, 0.5) is 5.69 Å². The minimum absolute atomic E-state index is 0.0307. The van der Waals surface area contributed by atoms with Crippen molar-refractivity contribution in [1.29, 1.82) is 0 Å². The number of carbonyl (C=O) groups is 3. The molecule has 3 aliphatic rings. The van der Waals surface area contributed by atoms with Crippen molar-refractivity contribution >= 4 is 23.3 Å². The Kier molecular flexibility index (Phi) is 8.09. The number of nitrogens with one attached hydrogen (secondary N) is 1. The van der Waals surface area contributed by atoms with Gasteiger partial charge in [0.25, 0.3) is 5.91 Å². The number of hydrogen-bond acceptors (Lipinski definition) is 7. The highest BCUT2D eigenvalue weighted by molar-refractivity contribution is 5.99. The summed E-state index contributed by atoms with van der Waals surface area (Å²) in [5.74, 6) is -1.02. The average molecular weight is 487 g/mol. The minimum atomic E-state index is -0.903. The summed E-state index contributed by atoms with van der Waals surface area (Å²) in [6, 6.07) is 5.94. The van der Waals surface area contributed by atoms with Crippen molar-refractivity contribution in [2.45, 2.75) is 57.9 Å². The number of anilines is 1. The van der Waals surface area contributed by atoms with Crippen LogP contribution in [0.5, 0.6) is 0 Å². The van der Waals surface area contributed by atoms with E-state index < -0.39 is 24.3 Å². The van der Waals surface area contributed by atoms with Crippen LogP contribution in [-0.4, -0.2) is 103 Å². The Morgan fingerprint density at radius 3 is 2.46 bits per heavy atom. The second-order valence-electron chi connectivity index (χ2n) is 9.96. The van der Waals surface area contributed by atoms with Gasteiger partial charge in [0.15, 0.2) is 5.78 Å². The number of carbonyl (C=O) groups excluding carboxylic acids is 3. The Hall–Kier alpha value is -2.49. The summed E-state index contributed by atoms with van der Waals surface area (Å²) < 4.78 is 5.39. The molecule has 0 saturated carbocycles. The normalized spacial score (nSPS) is 26.5. The fourth-order valence-corrected chi connectivity index (χ4v) is 5.31. The zero-order chi connectivity index (χ0) is 25.1. The van der Waals surface area contributed by atoms with Crippen LogP contribution < -0.4 is 10.2 Å². The number of Topliss-reactive ketones (excluding diaryl/α,β-unsaturated/α-hetero) is 1. The summed E-state index contributed by atoms with van der Waals surface area (Å²) in [4.78, 5) is 45.1. The highest BCUT2D eigenvalue weighted by Gasteiger charge is 2.53. The molecule has 0 aliphatic carbocycles. The molecule has 3 aliphatic heterocycles. The highest BCUT2D eigenvalue weighted by atomic mass is 16.5. The molecule has 0 spiro atoms. The molecule has 0 aromatic heterocycles. The lowest BCUT2D eigenvalue weighted by Crippen LogP contribution is -2.54. The van der Waals surface area contributed by atoms with E-state index in [9.17, 15) is 19.5 Å². The predicted molar refractivity (Wildman–Crippen MR) is 132 cm³/mol. The third-order valence-electron chi connectivity index (χ3n) is 7.61. The van der Waals surface area contributed by atoms with Crippen molar-refractivity contribution < 1.29 is 24.2 Å². The minimum Gasteiger partial charge on any atom is -0.388 e. The lowest BCUT2D eigenvalue weighted by Gasteiger charge is -2.36. The molecule has 0 bridgehead atoms. The van der Waals surface area contributed by atoms with Crippen LogP contribution >= 0.6 is 0 Å². The van der Waals surface area contributed by atoms with Gasteiger partial charge in [0, 0.05) is 37.4 Å². The number of piperazine rings is 1. The van der Waals surface area contributed by atoms with E-state index in [1.807, 2.05) is 26.0 Å². The van der Waals surface area contributed by atoms with Crippen LogP contribution in [0.15, 0.2) is 24.3 Å². The fraction of sp³-hybridized carbons (Fsp3) is 0.654. The van der Waals surface area contributed by atoms with E-state index in [-0.39, 0.29) is 36.7 Å². The summed E-state index contributed by atoms with van der Waals surface area (Å²) in [6.07, 6.45) is 0.249. The van der Waals surface area contributed by atoms with E-state index in [0.717, 1.165) is 44.8 Å². The SMILES string of the molecule is CCCN1CCN(c2ccc(C(=O)N[C@H](C(=O)N3C[C@H](O)[C@H]4OCC(=O)[C@H]43)[C@@H](C)CC)cc2)CC1. The zero-order valence-electron chi connectivity index (χ0n) is 21.0. The summed E-state index contributed by atoms with van der Waals surface area (Å²) in [7, 11) is 0. The van der Waals surface area contributed by atoms with Crippen molar-refractivity contribution in [3.63, 3.8) is 0 Å². The number of β-amino-alcohol motifs (C(OH)–C–C–N with tert-alkyl or cyclic N) is 1. The number of nitrogens with zero attached hydrogens (tertiary/aromatic N) is 3. The maximum Gasteiger partial charge on any atom is 0.251 e. The number of hydrogen-bond donors (Lipinski definition) is 2. The number of benzene rings is 1. The summed E-state index contributed by atoms with van der Waals surface area (Å²) in [5.41, 5.74) is 1.57. The van der Waals surface area contributed by atoms with Crippen LogP contribution in [0.2, 0.25) is 0 Å². The van der Waals surface area contributed by atoms with E-state index in [1.165, 1.54) is 4.90 Å². The van der Waals surface area contributed by atoms with E-state index in [1.54, 1.807) is 12.1 Å². The quantitative estimate of drug-likeness (QED) is 0.563. The molecule has 0 unspecified atom stereocenters. The molecule has 4 rings (SSSR count). The number of aliphatic hydroxyl groups is 1. The zero-order valence-corrected chi connectivity index (χ0v) is 21.0. The first kappa shape index (κ1) is 25.6. The van der Waals surface area contributed by atoms with Gasteiger partial charge in [0.1, 0.15) is 30.9 Å². The molecular formula is C26H38N4O5. The van der Waals surface area contributed by atoms with Gasteiger partial charge in [-0.3, -0.25) is 19.3 Å². The highest BCUT2D eigenvalue weighted by Crippen LogP contribution is 2.29. The summed E-state index contributed by atoms with van der Waals surface area (Å²) in [5, 5.41) is 13.2. The Morgan fingerprint density at radius 1 is 1.14 bits per heavy atom. The Bertz CT molecular complexity index is 915. The number of rotatable bonds is 8. The topological polar surface area (TPSA) is 102 Å². The number of fused-ring (bicyclic) bond motifs is 1. The molecule has 2 amide bonds.